The number of aromatic nitrogens is 3. The zero-order valence-electron chi connectivity index (χ0n) is 17.2. The molecule has 0 amide bonds. The summed E-state index contributed by atoms with van der Waals surface area (Å²) in [5, 5.41) is 15.0. The van der Waals surface area contributed by atoms with Crippen LogP contribution in [-0.2, 0) is 6.42 Å². The monoisotopic (exact) mass is 526 g/mol. The molecule has 1 unspecified atom stereocenters. The molecule has 3 aromatic rings. The Balaban J connectivity index is 0.00000320. The van der Waals surface area contributed by atoms with Crippen LogP contribution in [0.5, 0.6) is 5.75 Å². The number of halogens is 2. The molecular weight excluding hydrogens is 498 g/mol. The molecule has 0 aliphatic carbocycles. The highest BCUT2D eigenvalue weighted by molar-refractivity contribution is 14.0. The molecular formula is C21H28FIN6O. The van der Waals surface area contributed by atoms with E-state index in [4.69, 9.17) is 4.74 Å². The van der Waals surface area contributed by atoms with Crippen molar-refractivity contribution in [2.45, 2.75) is 32.8 Å². The van der Waals surface area contributed by atoms with Gasteiger partial charge in [-0.05, 0) is 44.5 Å². The molecule has 162 valence electrons. The van der Waals surface area contributed by atoms with Gasteiger partial charge in [-0.3, -0.25) is 4.40 Å². The molecule has 0 spiro atoms. The molecule has 30 heavy (non-hydrogen) atoms. The number of rotatable bonds is 9. The van der Waals surface area contributed by atoms with Crippen molar-refractivity contribution in [1.82, 2.24) is 25.2 Å². The van der Waals surface area contributed by atoms with E-state index in [0.717, 1.165) is 43.4 Å². The Hall–Kier alpha value is -2.43. The number of ether oxygens (including phenoxy) is 1. The van der Waals surface area contributed by atoms with Gasteiger partial charge in [0.05, 0.1) is 6.54 Å². The van der Waals surface area contributed by atoms with Crippen LogP contribution < -0.4 is 15.4 Å². The summed E-state index contributed by atoms with van der Waals surface area (Å²) >= 11 is 0. The summed E-state index contributed by atoms with van der Waals surface area (Å²) in [5.41, 5.74) is 0.859. The van der Waals surface area contributed by atoms with Crippen LogP contribution in [0.15, 0.2) is 53.7 Å². The quantitative estimate of drug-likeness (QED) is 0.194. The van der Waals surface area contributed by atoms with Gasteiger partial charge in [0.25, 0.3) is 0 Å². The van der Waals surface area contributed by atoms with Gasteiger partial charge < -0.3 is 15.4 Å². The first-order valence-electron chi connectivity index (χ1n) is 9.88. The minimum Gasteiger partial charge on any atom is -0.489 e. The van der Waals surface area contributed by atoms with E-state index in [2.05, 4.69) is 25.8 Å². The standard InChI is InChI=1S/C21H27FN6O.HI/c1-3-23-21(25-15-16(2)29-18-9-6-8-17(22)14-18)24-12-7-11-20-27-26-19-10-4-5-13-28(19)20;/h4-6,8-10,13-14,16H,3,7,11-12,15H2,1-2H3,(H2,23,24,25);1H. The number of hydrogen-bond donors (Lipinski definition) is 2. The lowest BCUT2D eigenvalue weighted by molar-refractivity contribution is 0.229. The maximum Gasteiger partial charge on any atom is 0.191 e. The van der Waals surface area contributed by atoms with Crippen molar-refractivity contribution in [3.05, 3.63) is 60.3 Å². The van der Waals surface area contributed by atoms with Crippen LogP contribution in [0.25, 0.3) is 5.65 Å². The minimum atomic E-state index is -0.311. The molecule has 1 aromatic carbocycles. The van der Waals surface area contributed by atoms with Crippen molar-refractivity contribution in [3.63, 3.8) is 0 Å². The highest BCUT2D eigenvalue weighted by Gasteiger charge is 2.07. The summed E-state index contributed by atoms with van der Waals surface area (Å²) in [4.78, 5) is 4.56. The van der Waals surface area contributed by atoms with Gasteiger partial charge in [-0.2, -0.15) is 0 Å². The fraction of sp³-hybridized carbons (Fsp3) is 0.381. The first-order chi connectivity index (χ1) is 14.2. The number of aliphatic imine (C=N–C) groups is 1. The Bertz CT molecular complexity index is 948. The van der Waals surface area contributed by atoms with Crippen LogP contribution in [0.1, 0.15) is 26.1 Å². The predicted octanol–water partition coefficient (Wildman–Crippen LogP) is 3.44. The second kappa shape index (κ2) is 12.3. The van der Waals surface area contributed by atoms with Gasteiger partial charge in [0, 0.05) is 31.8 Å². The van der Waals surface area contributed by atoms with Gasteiger partial charge in [-0.1, -0.05) is 12.1 Å². The first-order valence-corrected chi connectivity index (χ1v) is 9.88. The lowest BCUT2D eigenvalue weighted by Gasteiger charge is -2.15. The van der Waals surface area contributed by atoms with Gasteiger partial charge in [0.15, 0.2) is 11.6 Å². The largest absolute Gasteiger partial charge is 0.489 e. The van der Waals surface area contributed by atoms with Gasteiger partial charge in [0.2, 0.25) is 0 Å². The average Bonchev–Trinajstić information content (AvgIpc) is 3.12. The SMILES string of the molecule is CCNC(=NCC(C)Oc1cccc(F)c1)NCCCc1nnc2ccccn12.I. The van der Waals surface area contributed by atoms with Crippen molar-refractivity contribution in [1.29, 1.82) is 0 Å². The molecule has 2 N–H and O–H groups in total. The van der Waals surface area contributed by atoms with E-state index in [1.165, 1.54) is 12.1 Å². The highest BCUT2D eigenvalue weighted by Crippen LogP contribution is 2.13. The number of nitrogens with one attached hydrogen (secondary N) is 2. The summed E-state index contributed by atoms with van der Waals surface area (Å²) in [5.74, 6) is 1.87. The molecule has 9 heteroatoms. The molecule has 2 heterocycles. The van der Waals surface area contributed by atoms with Gasteiger partial charge in [0.1, 0.15) is 23.5 Å². The second-order valence-electron chi connectivity index (χ2n) is 6.68. The van der Waals surface area contributed by atoms with Crippen molar-refractivity contribution in [2.75, 3.05) is 19.6 Å². The third-order valence-electron chi connectivity index (χ3n) is 4.24. The third-order valence-corrected chi connectivity index (χ3v) is 4.24. The summed E-state index contributed by atoms with van der Waals surface area (Å²) in [6.45, 7) is 5.91. The van der Waals surface area contributed by atoms with Crippen molar-refractivity contribution in [3.8, 4) is 5.75 Å². The number of pyridine rings is 1. The number of fused-ring (bicyclic) bond motifs is 1. The molecule has 3 rings (SSSR count). The van der Waals surface area contributed by atoms with Crippen LogP contribution in [0.3, 0.4) is 0 Å². The van der Waals surface area contributed by atoms with E-state index in [1.54, 1.807) is 12.1 Å². The van der Waals surface area contributed by atoms with E-state index in [-0.39, 0.29) is 35.9 Å². The van der Waals surface area contributed by atoms with Crippen LogP contribution >= 0.6 is 24.0 Å². The van der Waals surface area contributed by atoms with Gasteiger partial charge in [-0.15, -0.1) is 34.2 Å². The highest BCUT2D eigenvalue weighted by atomic mass is 127. The average molecular weight is 526 g/mol. The Kier molecular flexibility index (Phi) is 9.78. The first kappa shape index (κ1) is 23.8. The van der Waals surface area contributed by atoms with Crippen molar-refractivity contribution >= 4 is 35.6 Å². The van der Waals surface area contributed by atoms with E-state index in [1.807, 2.05) is 42.6 Å². The fourth-order valence-corrected chi connectivity index (χ4v) is 2.89. The van der Waals surface area contributed by atoms with Crippen molar-refractivity contribution < 1.29 is 9.13 Å². The zero-order chi connectivity index (χ0) is 20.5. The molecule has 0 saturated heterocycles. The number of guanidine groups is 1. The summed E-state index contributed by atoms with van der Waals surface area (Å²) < 4.78 is 21.0. The fourth-order valence-electron chi connectivity index (χ4n) is 2.89. The number of benzene rings is 1. The third kappa shape index (κ3) is 7.12. The maximum atomic E-state index is 13.3. The summed E-state index contributed by atoms with van der Waals surface area (Å²) in [6.07, 6.45) is 3.52. The van der Waals surface area contributed by atoms with Crippen LogP contribution in [0, 0.1) is 5.82 Å². The maximum absolute atomic E-state index is 13.3. The number of hydrogen-bond acceptors (Lipinski definition) is 4. The molecule has 0 fully saturated rings. The Labute approximate surface area is 193 Å². The molecule has 2 aromatic heterocycles. The second-order valence-corrected chi connectivity index (χ2v) is 6.68. The normalized spacial score (nSPS) is 12.3. The minimum absolute atomic E-state index is 0. The van der Waals surface area contributed by atoms with E-state index >= 15 is 0 Å². The van der Waals surface area contributed by atoms with Crippen molar-refractivity contribution in [2.24, 2.45) is 4.99 Å². The molecule has 1 atom stereocenters. The molecule has 0 radical (unpaired) electrons. The molecule has 0 saturated carbocycles. The molecule has 0 bridgehead atoms. The smallest absolute Gasteiger partial charge is 0.191 e. The Morgan fingerprint density at radius 2 is 2.07 bits per heavy atom. The van der Waals surface area contributed by atoms with E-state index in [9.17, 15) is 4.39 Å². The van der Waals surface area contributed by atoms with E-state index in [0.29, 0.717) is 12.3 Å². The molecule has 0 aliphatic rings. The van der Waals surface area contributed by atoms with Crippen LogP contribution in [-0.4, -0.2) is 46.3 Å². The van der Waals surface area contributed by atoms with Gasteiger partial charge in [-0.25, -0.2) is 9.38 Å². The zero-order valence-corrected chi connectivity index (χ0v) is 19.5. The number of aryl methyl sites for hydroxylation is 1. The topological polar surface area (TPSA) is 75.8 Å². The molecule has 0 aliphatic heterocycles. The lowest BCUT2D eigenvalue weighted by atomic mass is 10.3. The predicted molar refractivity (Wildman–Crippen MR) is 127 cm³/mol. The summed E-state index contributed by atoms with van der Waals surface area (Å²) in [7, 11) is 0. The Morgan fingerprint density at radius 3 is 2.87 bits per heavy atom. The lowest BCUT2D eigenvalue weighted by Crippen LogP contribution is -2.38. The van der Waals surface area contributed by atoms with Crippen LogP contribution in [0.4, 0.5) is 4.39 Å². The van der Waals surface area contributed by atoms with Gasteiger partial charge >= 0.3 is 0 Å². The summed E-state index contributed by atoms with van der Waals surface area (Å²) in [6, 6.07) is 12.0. The molecule has 7 nitrogen and oxygen atoms in total. The van der Waals surface area contributed by atoms with Crippen LogP contribution in [0.2, 0.25) is 0 Å². The Morgan fingerprint density at radius 1 is 1.20 bits per heavy atom. The van der Waals surface area contributed by atoms with E-state index < -0.39 is 0 Å². The number of nitrogens with zero attached hydrogens (tertiary/aromatic N) is 4.